The summed E-state index contributed by atoms with van der Waals surface area (Å²) >= 11 is 0. The lowest BCUT2D eigenvalue weighted by Crippen LogP contribution is -2.25. The van der Waals surface area contributed by atoms with Gasteiger partial charge in [-0.3, -0.25) is 10.1 Å². The lowest BCUT2D eigenvalue weighted by atomic mass is 10.1. The van der Waals surface area contributed by atoms with Crippen molar-refractivity contribution >= 4 is 17.6 Å². The van der Waals surface area contributed by atoms with Crippen LogP contribution in [-0.2, 0) is 11.2 Å². The standard InChI is InChI=1S/C24H28N8O3/c1-3-16-13-22(30-29-16)26-21-15-23(34-12-11-33-2)28-24(27-21)32-10-6-8-19(32)20-14-18(31-35-20)17-7-4-5-9-25-17/h4-5,7,9,13-15,19H,3,6,8,10-12H2,1-2H3,(H2,26,27,28,29,30)/t19-/m0/s1. The molecule has 4 aromatic rings. The van der Waals surface area contributed by atoms with E-state index in [-0.39, 0.29) is 6.04 Å². The molecule has 1 aliphatic rings. The number of hydrogen-bond donors (Lipinski definition) is 2. The number of ether oxygens (including phenoxy) is 2. The second kappa shape index (κ2) is 10.5. The molecule has 0 unspecified atom stereocenters. The van der Waals surface area contributed by atoms with Crippen molar-refractivity contribution in [3.8, 4) is 17.3 Å². The van der Waals surface area contributed by atoms with Gasteiger partial charge in [0, 0.05) is 43.7 Å². The Balaban J connectivity index is 1.42. The van der Waals surface area contributed by atoms with Crippen LogP contribution in [0.25, 0.3) is 11.4 Å². The molecule has 35 heavy (non-hydrogen) atoms. The summed E-state index contributed by atoms with van der Waals surface area (Å²) in [6, 6.07) is 11.3. The van der Waals surface area contributed by atoms with Gasteiger partial charge in [-0.1, -0.05) is 18.1 Å². The van der Waals surface area contributed by atoms with Crippen molar-refractivity contribution < 1.29 is 14.0 Å². The third-order valence-electron chi connectivity index (χ3n) is 5.79. The average Bonchev–Trinajstić information content (AvgIpc) is 3.65. The molecule has 11 nitrogen and oxygen atoms in total. The number of pyridine rings is 1. The van der Waals surface area contributed by atoms with E-state index in [4.69, 9.17) is 19.0 Å². The van der Waals surface area contributed by atoms with Crippen LogP contribution in [0.4, 0.5) is 17.6 Å². The molecule has 0 amide bonds. The molecule has 4 aromatic heterocycles. The summed E-state index contributed by atoms with van der Waals surface area (Å²) < 4.78 is 16.7. The molecule has 0 saturated carbocycles. The molecule has 0 spiro atoms. The first-order valence-corrected chi connectivity index (χ1v) is 11.7. The van der Waals surface area contributed by atoms with E-state index >= 15 is 0 Å². The number of aromatic nitrogens is 6. The van der Waals surface area contributed by atoms with Gasteiger partial charge < -0.3 is 24.2 Å². The maximum atomic E-state index is 5.84. The zero-order valence-electron chi connectivity index (χ0n) is 19.8. The Bertz CT molecular complexity index is 1240. The summed E-state index contributed by atoms with van der Waals surface area (Å²) in [5, 5.41) is 14.8. The molecule has 1 aliphatic heterocycles. The maximum Gasteiger partial charge on any atom is 0.231 e. The van der Waals surface area contributed by atoms with Gasteiger partial charge in [-0.05, 0) is 31.4 Å². The second-order valence-corrected chi connectivity index (χ2v) is 8.17. The van der Waals surface area contributed by atoms with Gasteiger partial charge in [0.2, 0.25) is 11.8 Å². The van der Waals surface area contributed by atoms with Crippen molar-refractivity contribution in [1.29, 1.82) is 0 Å². The fraction of sp³-hybridized carbons (Fsp3) is 0.375. The molecule has 5 rings (SSSR count). The summed E-state index contributed by atoms with van der Waals surface area (Å²) in [5.74, 6) is 3.04. The third-order valence-corrected chi connectivity index (χ3v) is 5.79. The van der Waals surface area contributed by atoms with Crippen molar-refractivity contribution in [1.82, 2.24) is 30.3 Å². The number of hydrogen-bond acceptors (Lipinski definition) is 10. The Morgan fingerprint density at radius 1 is 1.14 bits per heavy atom. The quantitative estimate of drug-likeness (QED) is 0.325. The summed E-state index contributed by atoms with van der Waals surface area (Å²) in [5.41, 5.74) is 2.51. The van der Waals surface area contributed by atoms with Gasteiger partial charge >= 0.3 is 0 Å². The number of H-pyrrole nitrogens is 1. The predicted octanol–water partition coefficient (Wildman–Crippen LogP) is 3.92. The van der Waals surface area contributed by atoms with Gasteiger partial charge in [0.25, 0.3) is 0 Å². The van der Waals surface area contributed by atoms with Crippen LogP contribution in [0.3, 0.4) is 0 Å². The predicted molar refractivity (Wildman–Crippen MR) is 130 cm³/mol. The summed E-state index contributed by atoms with van der Waals surface area (Å²) in [6.45, 7) is 3.70. The van der Waals surface area contributed by atoms with E-state index in [0.717, 1.165) is 43.0 Å². The highest BCUT2D eigenvalue weighted by atomic mass is 16.5. The van der Waals surface area contributed by atoms with E-state index in [1.807, 2.05) is 30.3 Å². The second-order valence-electron chi connectivity index (χ2n) is 8.17. The molecule has 0 bridgehead atoms. The van der Waals surface area contributed by atoms with Crippen LogP contribution < -0.4 is 15.0 Å². The molecule has 1 saturated heterocycles. The number of methoxy groups -OCH3 is 1. The van der Waals surface area contributed by atoms with Crippen molar-refractivity contribution in [3.63, 3.8) is 0 Å². The van der Waals surface area contributed by atoms with E-state index in [2.05, 4.69) is 42.5 Å². The highest BCUT2D eigenvalue weighted by Gasteiger charge is 2.32. The largest absolute Gasteiger partial charge is 0.475 e. The van der Waals surface area contributed by atoms with Crippen molar-refractivity contribution in [2.24, 2.45) is 0 Å². The van der Waals surface area contributed by atoms with E-state index in [1.165, 1.54) is 0 Å². The summed E-state index contributed by atoms with van der Waals surface area (Å²) in [6.07, 6.45) is 4.48. The Morgan fingerprint density at radius 3 is 2.89 bits per heavy atom. The lowest BCUT2D eigenvalue weighted by Gasteiger charge is -2.23. The first kappa shape index (κ1) is 22.8. The third kappa shape index (κ3) is 5.24. The lowest BCUT2D eigenvalue weighted by molar-refractivity contribution is 0.143. The molecule has 0 radical (unpaired) electrons. The fourth-order valence-electron chi connectivity index (χ4n) is 4.03. The van der Waals surface area contributed by atoms with Gasteiger partial charge in [0.05, 0.1) is 18.3 Å². The molecule has 5 heterocycles. The molecule has 0 aliphatic carbocycles. The minimum absolute atomic E-state index is 0.0425. The smallest absolute Gasteiger partial charge is 0.231 e. The van der Waals surface area contributed by atoms with E-state index < -0.39 is 0 Å². The zero-order chi connectivity index (χ0) is 24.0. The SMILES string of the molecule is CCc1cc(Nc2cc(OCCOC)nc(N3CCC[C@H]3c3cc(-c4ccccn4)no3)n2)n[nH]1. The fourth-order valence-corrected chi connectivity index (χ4v) is 4.03. The number of aromatic amines is 1. The van der Waals surface area contributed by atoms with Crippen LogP contribution >= 0.6 is 0 Å². The molecule has 2 N–H and O–H groups in total. The normalized spacial score (nSPS) is 15.5. The Morgan fingerprint density at radius 2 is 2.09 bits per heavy atom. The van der Waals surface area contributed by atoms with Gasteiger partial charge in [-0.15, -0.1) is 0 Å². The molecule has 182 valence electrons. The topological polar surface area (TPSA) is 127 Å². The van der Waals surface area contributed by atoms with Gasteiger partial charge in [-0.2, -0.15) is 15.1 Å². The highest BCUT2D eigenvalue weighted by Crippen LogP contribution is 2.37. The van der Waals surface area contributed by atoms with Crippen LogP contribution in [0.5, 0.6) is 5.88 Å². The van der Waals surface area contributed by atoms with Crippen LogP contribution in [-0.4, -0.2) is 57.2 Å². The Labute approximate surface area is 202 Å². The highest BCUT2D eigenvalue weighted by molar-refractivity contribution is 5.57. The van der Waals surface area contributed by atoms with Gasteiger partial charge in [0.15, 0.2) is 11.6 Å². The van der Waals surface area contributed by atoms with Crippen LogP contribution in [0.2, 0.25) is 0 Å². The zero-order valence-corrected chi connectivity index (χ0v) is 19.8. The van der Waals surface area contributed by atoms with Crippen molar-refractivity contribution in [3.05, 3.63) is 54.0 Å². The molecule has 0 aromatic carbocycles. The first-order valence-electron chi connectivity index (χ1n) is 11.7. The number of nitrogens with zero attached hydrogens (tertiary/aromatic N) is 6. The number of aryl methyl sites for hydroxylation is 1. The van der Waals surface area contributed by atoms with E-state index in [0.29, 0.717) is 42.4 Å². The maximum absolute atomic E-state index is 5.84. The van der Waals surface area contributed by atoms with Gasteiger partial charge in [0.1, 0.15) is 18.1 Å². The Kier molecular flexibility index (Phi) is 6.85. The van der Waals surface area contributed by atoms with Crippen LogP contribution in [0, 0.1) is 0 Å². The van der Waals surface area contributed by atoms with Crippen molar-refractivity contribution in [2.75, 3.05) is 37.1 Å². The van der Waals surface area contributed by atoms with E-state index in [9.17, 15) is 0 Å². The minimum atomic E-state index is -0.0425. The Hall–Kier alpha value is -3.99. The molecule has 11 heteroatoms. The number of rotatable bonds is 10. The minimum Gasteiger partial charge on any atom is -0.475 e. The average molecular weight is 477 g/mol. The number of nitrogens with one attached hydrogen (secondary N) is 2. The van der Waals surface area contributed by atoms with E-state index in [1.54, 1.807) is 19.4 Å². The molecular weight excluding hydrogens is 448 g/mol. The van der Waals surface area contributed by atoms with Crippen LogP contribution in [0.15, 0.2) is 47.1 Å². The summed E-state index contributed by atoms with van der Waals surface area (Å²) in [4.78, 5) is 16.0. The number of anilines is 3. The molecular formula is C24H28N8O3. The first-order chi connectivity index (χ1) is 17.2. The monoisotopic (exact) mass is 476 g/mol. The molecule has 1 fully saturated rings. The molecule has 1 atom stereocenters. The van der Waals surface area contributed by atoms with Crippen LogP contribution in [0.1, 0.15) is 37.3 Å². The van der Waals surface area contributed by atoms with Crippen molar-refractivity contribution in [2.45, 2.75) is 32.2 Å². The summed E-state index contributed by atoms with van der Waals surface area (Å²) in [7, 11) is 1.64. The van der Waals surface area contributed by atoms with Gasteiger partial charge in [-0.25, -0.2) is 0 Å².